The minimum Gasteiger partial charge on any atom is -0.363 e. The molecule has 0 spiro atoms. The molecule has 1 atom stereocenters. The zero-order valence-corrected chi connectivity index (χ0v) is 14.6. The zero-order chi connectivity index (χ0) is 13.8. The average Bonchev–Trinajstić information content (AvgIpc) is 2.76. The lowest BCUT2D eigenvalue weighted by molar-refractivity contribution is 0.653. The molecule has 0 saturated heterocycles. The van der Waals surface area contributed by atoms with Gasteiger partial charge in [0, 0.05) is 28.1 Å². The largest absolute Gasteiger partial charge is 0.363 e. The number of likely N-dealkylation sites (N-methyl/N-ethyl adjacent to an activating group) is 1. The van der Waals surface area contributed by atoms with Crippen LogP contribution < -0.4 is 10.6 Å². The van der Waals surface area contributed by atoms with Gasteiger partial charge in [0.25, 0.3) is 0 Å². The molecule has 2 nitrogen and oxygen atoms in total. The molecule has 19 heavy (non-hydrogen) atoms. The van der Waals surface area contributed by atoms with Gasteiger partial charge in [-0.15, -0.1) is 11.3 Å². The molecule has 102 valence electrons. The predicted molar refractivity (Wildman–Crippen MR) is 91.0 cm³/mol. The van der Waals surface area contributed by atoms with Crippen molar-refractivity contribution in [2.45, 2.75) is 13.0 Å². The van der Waals surface area contributed by atoms with E-state index in [9.17, 15) is 0 Å². The van der Waals surface area contributed by atoms with Gasteiger partial charge in [-0.1, -0.05) is 18.2 Å². The maximum Gasteiger partial charge on any atom is 0.0844 e. The Balaban J connectivity index is 2.34. The summed E-state index contributed by atoms with van der Waals surface area (Å²) in [6.45, 7) is 3.69. The number of anilines is 1. The summed E-state index contributed by atoms with van der Waals surface area (Å²) in [7, 11) is 0. The molecule has 0 amide bonds. The molecule has 2 aromatic rings. The minimum absolute atomic E-state index is 0.208. The Bertz CT molecular complexity index is 508. The predicted octanol–water partition coefficient (Wildman–Crippen LogP) is 4.80. The summed E-state index contributed by atoms with van der Waals surface area (Å²) in [5, 5.41) is 0. The van der Waals surface area contributed by atoms with E-state index >= 15 is 0 Å². The van der Waals surface area contributed by atoms with Crippen molar-refractivity contribution in [2.75, 3.05) is 18.0 Å². The highest BCUT2D eigenvalue weighted by atomic mass is 79.9. The van der Waals surface area contributed by atoms with Crippen LogP contribution >= 0.6 is 43.2 Å². The van der Waals surface area contributed by atoms with E-state index in [1.165, 1.54) is 10.6 Å². The SMILES string of the molecule is CCN(c1ccccc1)C(CN)c1cc(Br)c(Br)s1. The molecule has 1 aromatic carbocycles. The number of rotatable bonds is 5. The highest BCUT2D eigenvalue weighted by Gasteiger charge is 2.21. The van der Waals surface area contributed by atoms with E-state index in [-0.39, 0.29) is 6.04 Å². The Morgan fingerprint density at radius 1 is 1.26 bits per heavy atom. The number of hydrogen-bond acceptors (Lipinski definition) is 3. The summed E-state index contributed by atoms with van der Waals surface area (Å²) in [4.78, 5) is 3.61. The second kappa shape index (κ2) is 6.88. The van der Waals surface area contributed by atoms with Crippen LogP contribution in [0.5, 0.6) is 0 Å². The van der Waals surface area contributed by atoms with Gasteiger partial charge < -0.3 is 10.6 Å². The summed E-state index contributed by atoms with van der Waals surface area (Å²) < 4.78 is 2.21. The van der Waals surface area contributed by atoms with Crippen LogP contribution in [0, 0.1) is 0 Å². The molecule has 0 bridgehead atoms. The van der Waals surface area contributed by atoms with E-state index in [0.29, 0.717) is 6.54 Å². The van der Waals surface area contributed by atoms with Crippen molar-refractivity contribution in [2.24, 2.45) is 5.73 Å². The van der Waals surface area contributed by atoms with Crippen molar-refractivity contribution in [3.63, 3.8) is 0 Å². The smallest absolute Gasteiger partial charge is 0.0844 e. The van der Waals surface area contributed by atoms with E-state index in [2.05, 4.69) is 74.0 Å². The van der Waals surface area contributed by atoms with E-state index < -0.39 is 0 Å². The molecule has 0 radical (unpaired) electrons. The topological polar surface area (TPSA) is 29.3 Å². The summed E-state index contributed by atoms with van der Waals surface area (Å²) >= 11 is 8.83. The van der Waals surface area contributed by atoms with E-state index in [1.807, 2.05) is 6.07 Å². The highest BCUT2D eigenvalue weighted by molar-refractivity contribution is 9.13. The van der Waals surface area contributed by atoms with Gasteiger partial charge in [0.2, 0.25) is 0 Å². The van der Waals surface area contributed by atoms with Crippen LogP contribution in [-0.4, -0.2) is 13.1 Å². The van der Waals surface area contributed by atoms with Crippen LogP contribution in [0.2, 0.25) is 0 Å². The molecular weight excluding hydrogens is 388 g/mol. The standard InChI is InChI=1S/C14H16Br2N2S/c1-2-18(10-6-4-3-5-7-10)12(9-17)13-8-11(15)14(16)19-13/h3-8,12H,2,9,17H2,1H3. The van der Waals surface area contributed by atoms with E-state index in [1.54, 1.807) is 11.3 Å². The number of para-hydroxylation sites is 1. The second-order valence-electron chi connectivity index (χ2n) is 4.14. The quantitative estimate of drug-likeness (QED) is 0.776. The fourth-order valence-corrected chi connectivity index (χ4v) is 4.34. The fraction of sp³-hybridized carbons (Fsp3) is 0.286. The first kappa shape index (κ1) is 15.0. The van der Waals surface area contributed by atoms with Crippen molar-refractivity contribution in [1.29, 1.82) is 0 Å². The van der Waals surface area contributed by atoms with Crippen LogP contribution in [0.15, 0.2) is 44.7 Å². The normalized spacial score (nSPS) is 12.4. The highest BCUT2D eigenvalue weighted by Crippen LogP contribution is 2.38. The molecule has 0 saturated carbocycles. The summed E-state index contributed by atoms with van der Waals surface area (Å²) in [5.74, 6) is 0. The fourth-order valence-electron chi connectivity index (χ4n) is 2.13. The first-order valence-electron chi connectivity index (χ1n) is 6.13. The van der Waals surface area contributed by atoms with Gasteiger partial charge in [0.1, 0.15) is 0 Å². The van der Waals surface area contributed by atoms with Gasteiger partial charge in [-0.3, -0.25) is 0 Å². The van der Waals surface area contributed by atoms with Crippen LogP contribution in [0.3, 0.4) is 0 Å². The van der Waals surface area contributed by atoms with Crippen molar-refractivity contribution in [1.82, 2.24) is 0 Å². The lowest BCUT2D eigenvalue weighted by atomic mass is 10.1. The van der Waals surface area contributed by atoms with Gasteiger partial charge in [0.05, 0.1) is 9.83 Å². The Hall–Kier alpha value is -0.360. The van der Waals surface area contributed by atoms with Crippen LogP contribution in [0.1, 0.15) is 17.8 Å². The molecule has 0 aliphatic heterocycles. The third-order valence-electron chi connectivity index (χ3n) is 3.02. The van der Waals surface area contributed by atoms with Crippen molar-refractivity contribution in [3.05, 3.63) is 49.5 Å². The molecule has 1 unspecified atom stereocenters. The van der Waals surface area contributed by atoms with E-state index in [4.69, 9.17) is 5.73 Å². The monoisotopic (exact) mass is 402 g/mol. The molecule has 1 aromatic heterocycles. The summed E-state index contributed by atoms with van der Waals surface area (Å²) in [5.41, 5.74) is 7.22. The first-order valence-corrected chi connectivity index (χ1v) is 8.54. The van der Waals surface area contributed by atoms with Gasteiger partial charge >= 0.3 is 0 Å². The van der Waals surface area contributed by atoms with Crippen LogP contribution in [0.4, 0.5) is 5.69 Å². The molecule has 2 N–H and O–H groups in total. The minimum atomic E-state index is 0.208. The van der Waals surface area contributed by atoms with E-state index in [0.717, 1.165) is 14.8 Å². The van der Waals surface area contributed by atoms with Gasteiger partial charge in [-0.05, 0) is 57.0 Å². The Labute approximate surface area is 134 Å². The number of nitrogens with zero attached hydrogens (tertiary/aromatic N) is 1. The Kier molecular flexibility index (Phi) is 5.45. The average molecular weight is 404 g/mol. The zero-order valence-electron chi connectivity index (χ0n) is 10.6. The molecule has 0 aliphatic carbocycles. The van der Waals surface area contributed by atoms with Gasteiger partial charge in [-0.25, -0.2) is 0 Å². The molecule has 1 heterocycles. The molecule has 2 rings (SSSR count). The van der Waals surface area contributed by atoms with Gasteiger partial charge in [0.15, 0.2) is 0 Å². The molecule has 0 fully saturated rings. The lowest BCUT2D eigenvalue weighted by Crippen LogP contribution is -2.33. The van der Waals surface area contributed by atoms with Crippen molar-refractivity contribution in [3.8, 4) is 0 Å². The molecule has 5 heteroatoms. The molecular formula is C14H16Br2N2S. The third-order valence-corrected chi connectivity index (χ3v) is 6.38. The van der Waals surface area contributed by atoms with Crippen molar-refractivity contribution >= 4 is 48.9 Å². The van der Waals surface area contributed by atoms with Crippen LogP contribution in [-0.2, 0) is 0 Å². The van der Waals surface area contributed by atoms with Gasteiger partial charge in [-0.2, -0.15) is 0 Å². The third kappa shape index (κ3) is 3.40. The maximum absolute atomic E-state index is 6.01. The number of nitrogens with two attached hydrogens (primary N) is 1. The second-order valence-corrected chi connectivity index (χ2v) is 7.40. The lowest BCUT2D eigenvalue weighted by Gasteiger charge is -2.31. The number of thiophene rings is 1. The Morgan fingerprint density at radius 2 is 1.95 bits per heavy atom. The first-order chi connectivity index (χ1) is 9.17. The number of benzene rings is 1. The molecule has 0 aliphatic rings. The Morgan fingerprint density at radius 3 is 2.42 bits per heavy atom. The van der Waals surface area contributed by atoms with Crippen molar-refractivity contribution < 1.29 is 0 Å². The number of hydrogen-bond donors (Lipinski definition) is 1. The number of halogens is 2. The maximum atomic E-state index is 6.01. The van der Waals surface area contributed by atoms with Crippen LogP contribution in [0.25, 0.3) is 0 Å². The summed E-state index contributed by atoms with van der Waals surface area (Å²) in [6, 6.07) is 12.8. The summed E-state index contributed by atoms with van der Waals surface area (Å²) in [6.07, 6.45) is 0.